The van der Waals surface area contributed by atoms with E-state index in [1.807, 2.05) is 18.2 Å². The first kappa shape index (κ1) is 8.91. The van der Waals surface area contributed by atoms with Crippen LogP contribution >= 0.6 is 0 Å². The van der Waals surface area contributed by atoms with Gasteiger partial charge in [0.1, 0.15) is 0 Å². The van der Waals surface area contributed by atoms with E-state index >= 15 is 0 Å². The zero-order valence-electron chi connectivity index (χ0n) is 7.76. The van der Waals surface area contributed by atoms with Crippen LogP contribution in [0.1, 0.15) is 12.5 Å². The molecule has 0 aliphatic carbocycles. The highest BCUT2D eigenvalue weighted by molar-refractivity contribution is 5.46. The highest BCUT2D eigenvalue weighted by Gasteiger charge is 2.06. The summed E-state index contributed by atoms with van der Waals surface area (Å²) in [5.41, 5.74) is 1.18. The largest absolute Gasteiger partial charge is 0.493 e. The smallest absolute Gasteiger partial charge is 0.163 e. The molecule has 12 heavy (non-hydrogen) atoms. The van der Waals surface area contributed by atoms with E-state index in [9.17, 15) is 0 Å². The Hall–Kier alpha value is -1.18. The predicted octanol–water partition coefficient (Wildman–Crippen LogP) is 2.27. The van der Waals surface area contributed by atoms with Crippen molar-refractivity contribution in [2.45, 2.75) is 13.3 Å². The minimum atomic E-state index is 0.803. The number of aryl methyl sites for hydroxylation is 1. The van der Waals surface area contributed by atoms with E-state index in [0.717, 1.165) is 17.9 Å². The molecule has 0 aliphatic heterocycles. The van der Waals surface area contributed by atoms with E-state index in [2.05, 4.69) is 6.92 Å². The van der Waals surface area contributed by atoms with Gasteiger partial charge < -0.3 is 9.47 Å². The molecule has 0 heterocycles. The Labute approximate surface area is 73.1 Å². The number of hydrogen-bond acceptors (Lipinski definition) is 2. The van der Waals surface area contributed by atoms with Gasteiger partial charge in [0.25, 0.3) is 0 Å². The van der Waals surface area contributed by atoms with Crippen molar-refractivity contribution in [3.63, 3.8) is 0 Å². The average molecular weight is 166 g/mol. The van der Waals surface area contributed by atoms with E-state index in [1.54, 1.807) is 14.2 Å². The van der Waals surface area contributed by atoms with Crippen LogP contribution in [0.5, 0.6) is 11.5 Å². The lowest BCUT2D eigenvalue weighted by Gasteiger charge is -2.10. The summed E-state index contributed by atoms with van der Waals surface area (Å²) >= 11 is 0. The van der Waals surface area contributed by atoms with Gasteiger partial charge in [0.15, 0.2) is 11.5 Å². The Morgan fingerprint density at radius 2 is 1.92 bits per heavy atom. The zero-order valence-corrected chi connectivity index (χ0v) is 7.76. The first-order valence-corrected chi connectivity index (χ1v) is 4.03. The van der Waals surface area contributed by atoms with Gasteiger partial charge in [-0.3, -0.25) is 0 Å². The maximum atomic E-state index is 5.23. The lowest BCUT2D eigenvalue weighted by molar-refractivity contribution is 0.352. The van der Waals surface area contributed by atoms with Crippen molar-refractivity contribution >= 4 is 0 Å². The predicted molar refractivity (Wildman–Crippen MR) is 48.9 cm³/mol. The number of ether oxygens (including phenoxy) is 2. The summed E-state index contributed by atoms with van der Waals surface area (Å²) < 4.78 is 10.4. The van der Waals surface area contributed by atoms with Crippen LogP contribution < -0.4 is 9.47 Å². The Balaban J connectivity index is 3.13. The number of benzene rings is 1. The van der Waals surface area contributed by atoms with E-state index in [1.165, 1.54) is 5.56 Å². The van der Waals surface area contributed by atoms with E-state index in [4.69, 9.17) is 9.47 Å². The Morgan fingerprint density at radius 1 is 1.17 bits per heavy atom. The minimum Gasteiger partial charge on any atom is -0.493 e. The molecule has 1 aromatic rings. The zero-order chi connectivity index (χ0) is 8.97. The molecule has 0 amide bonds. The molecule has 0 atom stereocenters. The van der Waals surface area contributed by atoms with Crippen LogP contribution in [-0.2, 0) is 6.42 Å². The topological polar surface area (TPSA) is 18.5 Å². The summed E-state index contributed by atoms with van der Waals surface area (Å²) in [6, 6.07) is 5.92. The maximum Gasteiger partial charge on any atom is 0.163 e. The first-order chi connectivity index (χ1) is 5.83. The van der Waals surface area contributed by atoms with Crippen LogP contribution in [0.3, 0.4) is 0 Å². The second-order valence-electron chi connectivity index (χ2n) is 2.51. The molecule has 0 aromatic heterocycles. The fraction of sp³-hybridized carbons (Fsp3) is 0.400. The summed E-state index contributed by atoms with van der Waals surface area (Å²) in [5.74, 6) is 1.65. The van der Waals surface area contributed by atoms with Gasteiger partial charge in [-0.25, -0.2) is 0 Å². The first-order valence-electron chi connectivity index (χ1n) is 4.03. The number of hydrogen-bond donors (Lipinski definition) is 0. The van der Waals surface area contributed by atoms with Gasteiger partial charge in [0.05, 0.1) is 14.2 Å². The van der Waals surface area contributed by atoms with Gasteiger partial charge in [-0.05, 0) is 18.1 Å². The normalized spacial score (nSPS) is 9.58. The number of para-hydroxylation sites is 1. The molecule has 0 aliphatic rings. The highest BCUT2D eigenvalue weighted by atomic mass is 16.5. The molecule has 66 valence electrons. The van der Waals surface area contributed by atoms with Crippen LogP contribution in [0.4, 0.5) is 0 Å². The van der Waals surface area contributed by atoms with Crippen molar-refractivity contribution in [2.75, 3.05) is 14.2 Å². The molecule has 2 heteroatoms. The standard InChI is InChI=1S/C10H14O2/c1-4-8-6-5-7-9(11-2)10(8)12-3/h5-7H,4H2,1-3H3. The summed E-state index contributed by atoms with van der Waals surface area (Å²) in [4.78, 5) is 0. The van der Waals surface area contributed by atoms with E-state index in [0.29, 0.717) is 0 Å². The molecule has 0 unspecified atom stereocenters. The van der Waals surface area contributed by atoms with Crippen molar-refractivity contribution in [1.82, 2.24) is 0 Å². The molecule has 1 rings (SSSR count). The van der Waals surface area contributed by atoms with Crippen LogP contribution in [0.25, 0.3) is 0 Å². The van der Waals surface area contributed by atoms with Crippen LogP contribution in [0.15, 0.2) is 18.2 Å². The van der Waals surface area contributed by atoms with Gasteiger partial charge in [0.2, 0.25) is 0 Å². The minimum absolute atomic E-state index is 0.803. The summed E-state index contributed by atoms with van der Waals surface area (Å²) in [5, 5.41) is 0. The fourth-order valence-corrected chi connectivity index (χ4v) is 1.23. The van der Waals surface area contributed by atoms with Crippen molar-refractivity contribution in [3.8, 4) is 11.5 Å². The molecule has 0 bridgehead atoms. The molecule has 0 saturated carbocycles. The Morgan fingerprint density at radius 3 is 2.42 bits per heavy atom. The quantitative estimate of drug-likeness (QED) is 0.685. The van der Waals surface area contributed by atoms with Crippen LogP contribution in [0.2, 0.25) is 0 Å². The van der Waals surface area contributed by atoms with Gasteiger partial charge >= 0.3 is 0 Å². The van der Waals surface area contributed by atoms with Crippen molar-refractivity contribution < 1.29 is 9.47 Å². The van der Waals surface area contributed by atoms with Crippen LogP contribution in [0, 0.1) is 0 Å². The molecule has 0 radical (unpaired) electrons. The molecule has 1 aromatic carbocycles. The lowest BCUT2D eigenvalue weighted by atomic mass is 10.1. The average Bonchev–Trinajstić information content (AvgIpc) is 2.16. The molecule has 0 N–H and O–H groups in total. The molecular formula is C10H14O2. The van der Waals surface area contributed by atoms with Gasteiger partial charge in [0, 0.05) is 0 Å². The van der Waals surface area contributed by atoms with Gasteiger partial charge in [-0.15, -0.1) is 0 Å². The lowest BCUT2D eigenvalue weighted by Crippen LogP contribution is -1.94. The number of rotatable bonds is 3. The Bertz CT molecular complexity index is 234. The molecule has 2 nitrogen and oxygen atoms in total. The third-order valence-corrected chi connectivity index (χ3v) is 1.87. The number of methoxy groups -OCH3 is 2. The fourth-order valence-electron chi connectivity index (χ4n) is 1.23. The van der Waals surface area contributed by atoms with Gasteiger partial charge in [-0.1, -0.05) is 19.1 Å². The van der Waals surface area contributed by atoms with E-state index < -0.39 is 0 Å². The summed E-state index contributed by atoms with van der Waals surface area (Å²) in [7, 11) is 3.31. The van der Waals surface area contributed by atoms with Crippen molar-refractivity contribution in [1.29, 1.82) is 0 Å². The molecular weight excluding hydrogens is 152 g/mol. The second-order valence-corrected chi connectivity index (χ2v) is 2.51. The summed E-state index contributed by atoms with van der Waals surface area (Å²) in [6.07, 6.45) is 0.959. The molecule has 0 spiro atoms. The maximum absolute atomic E-state index is 5.23. The molecule has 0 fully saturated rings. The SMILES string of the molecule is CCc1cccc(OC)c1OC. The molecule has 0 saturated heterocycles. The van der Waals surface area contributed by atoms with Crippen molar-refractivity contribution in [3.05, 3.63) is 23.8 Å². The third kappa shape index (κ3) is 1.52. The highest BCUT2D eigenvalue weighted by Crippen LogP contribution is 2.30. The Kier molecular flexibility index (Phi) is 2.97. The third-order valence-electron chi connectivity index (χ3n) is 1.87. The van der Waals surface area contributed by atoms with Crippen molar-refractivity contribution in [2.24, 2.45) is 0 Å². The second kappa shape index (κ2) is 4.00. The van der Waals surface area contributed by atoms with E-state index in [-0.39, 0.29) is 0 Å². The van der Waals surface area contributed by atoms with Crippen LogP contribution in [-0.4, -0.2) is 14.2 Å². The monoisotopic (exact) mass is 166 g/mol. The summed E-state index contributed by atoms with van der Waals surface area (Å²) in [6.45, 7) is 2.09. The van der Waals surface area contributed by atoms with Gasteiger partial charge in [-0.2, -0.15) is 0 Å².